The number of ether oxygens (including phenoxy) is 3. The van der Waals surface area contributed by atoms with Crippen LogP contribution in [0.5, 0.6) is 0 Å². The lowest BCUT2D eigenvalue weighted by Crippen LogP contribution is -2.44. The molecule has 1 aliphatic rings. The van der Waals surface area contributed by atoms with Gasteiger partial charge in [0.15, 0.2) is 0 Å². The minimum absolute atomic E-state index is 0.0298. The largest absolute Gasteiger partial charge is 0.462 e. The van der Waals surface area contributed by atoms with Crippen LogP contribution in [-0.4, -0.2) is 39.0 Å². The van der Waals surface area contributed by atoms with E-state index in [0.29, 0.717) is 32.0 Å². The van der Waals surface area contributed by atoms with Crippen molar-refractivity contribution in [1.82, 2.24) is 0 Å². The van der Waals surface area contributed by atoms with E-state index in [9.17, 15) is 4.79 Å². The fourth-order valence-electron chi connectivity index (χ4n) is 1.20. The van der Waals surface area contributed by atoms with Gasteiger partial charge in [-0.2, -0.15) is 0 Å². The van der Waals surface area contributed by atoms with Crippen molar-refractivity contribution >= 4 is 5.97 Å². The summed E-state index contributed by atoms with van der Waals surface area (Å²) in [6, 6.07) is 0. The quantitative estimate of drug-likeness (QED) is 0.284. The molecule has 1 aliphatic heterocycles. The van der Waals surface area contributed by atoms with Gasteiger partial charge in [-0.3, -0.25) is 0 Å². The SMILES string of the molecule is C=CCOCC(=C)C(=O)OCC1(C)COC1. The summed E-state index contributed by atoms with van der Waals surface area (Å²) in [5.74, 6) is -0.405. The Balaban J connectivity index is 2.18. The second-order valence-electron chi connectivity index (χ2n) is 4.29. The highest BCUT2D eigenvalue weighted by Crippen LogP contribution is 2.26. The summed E-state index contributed by atoms with van der Waals surface area (Å²) in [6.45, 7) is 11.3. The Morgan fingerprint density at radius 2 is 2.25 bits per heavy atom. The van der Waals surface area contributed by atoms with Crippen molar-refractivity contribution in [2.45, 2.75) is 6.92 Å². The Hall–Kier alpha value is -1.13. The molecule has 0 N–H and O–H groups in total. The van der Waals surface area contributed by atoms with E-state index in [1.807, 2.05) is 6.92 Å². The van der Waals surface area contributed by atoms with Gasteiger partial charge < -0.3 is 14.2 Å². The highest BCUT2D eigenvalue weighted by Gasteiger charge is 2.35. The van der Waals surface area contributed by atoms with E-state index >= 15 is 0 Å². The van der Waals surface area contributed by atoms with Crippen LogP contribution in [0.15, 0.2) is 24.8 Å². The maximum atomic E-state index is 11.5. The monoisotopic (exact) mass is 226 g/mol. The zero-order valence-electron chi connectivity index (χ0n) is 9.66. The van der Waals surface area contributed by atoms with Gasteiger partial charge in [0.2, 0.25) is 0 Å². The Morgan fingerprint density at radius 1 is 1.56 bits per heavy atom. The van der Waals surface area contributed by atoms with Gasteiger partial charge in [0.1, 0.15) is 6.61 Å². The molecule has 0 aliphatic carbocycles. The number of hydrogen-bond donors (Lipinski definition) is 0. The first kappa shape index (κ1) is 12.9. The zero-order chi connectivity index (χ0) is 12.0. The summed E-state index contributed by atoms with van der Waals surface area (Å²) in [4.78, 5) is 11.5. The van der Waals surface area contributed by atoms with Crippen LogP contribution in [0.3, 0.4) is 0 Å². The van der Waals surface area contributed by atoms with Crippen LogP contribution >= 0.6 is 0 Å². The minimum Gasteiger partial charge on any atom is -0.462 e. The Kier molecular flexibility index (Phi) is 4.71. The van der Waals surface area contributed by atoms with Gasteiger partial charge in [0.05, 0.1) is 32.0 Å². The molecule has 16 heavy (non-hydrogen) atoms. The van der Waals surface area contributed by atoms with Crippen molar-refractivity contribution in [3.05, 3.63) is 24.8 Å². The van der Waals surface area contributed by atoms with Crippen LogP contribution in [0, 0.1) is 5.41 Å². The van der Waals surface area contributed by atoms with Crippen LogP contribution in [-0.2, 0) is 19.0 Å². The number of carbonyl (C=O) groups is 1. The number of hydrogen-bond acceptors (Lipinski definition) is 4. The Bertz CT molecular complexity index is 279. The van der Waals surface area contributed by atoms with E-state index < -0.39 is 5.97 Å². The first-order valence-corrected chi connectivity index (χ1v) is 5.19. The van der Waals surface area contributed by atoms with Crippen LogP contribution in [0.25, 0.3) is 0 Å². The predicted octanol–water partition coefficient (Wildman–Crippen LogP) is 1.32. The third kappa shape index (κ3) is 3.79. The predicted molar refractivity (Wildman–Crippen MR) is 60.0 cm³/mol. The van der Waals surface area contributed by atoms with Gasteiger partial charge in [0.25, 0.3) is 0 Å². The van der Waals surface area contributed by atoms with E-state index in [4.69, 9.17) is 14.2 Å². The normalized spacial score (nSPS) is 17.3. The summed E-state index contributed by atoms with van der Waals surface area (Å²) in [5.41, 5.74) is 0.295. The average Bonchev–Trinajstić information content (AvgIpc) is 2.23. The summed E-state index contributed by atoms with van der Waals surface area (Å²) in [6.07, 6.45) is 1.62. The lowest BCUT2D eigenvalue weighted by molar-refractivity contribution is -0.161. The highest BCUT2D eigenvalue weighted by molar-refractivity contribution is 5.87. The molecule has 1 saturated heterocycles. The van der Waals surface area contributed by atoms with Crippen molar-refractivity contribution in [2.75, 3.05) is 33.0 Å². The number of carbonyl (C=O) groups excluding carboxylic acids is 1. The fourth-order valence-corrected chi connectivity index (χ4v) is 1.20. The first-order valence-electron chi connectivity index (χ1n) is 5.19. The summed E-state index contributed by atoms with van der Waals surface area (Å²) >= 11 is 0. The molecule has 0 aromatic rings. The van der Waals surface area contributed by atoms with Crippen LogP contribution in [0.1, 0.15) is 6.92 Å². The molecule has 1 fully saturated rings. The summed E-state index contributed by atoms with van der Waals surface area (Å²) < 4.78 is 15.3. The van der Waals surface area contributed by atoms with Gasteiger partial charge in [-0.1, -0.05) is 19.6 Å². The van der Waals surface area contributed by atoms with E-state index in [-0.39, 0.29) is 12.0 Å². The van der Waals surface area contributed by atoms with Crippen LogP contribution in [0.2, 0.25) is 0 Å². The first-order chi connectivity index (χ1) is 7.57. The van der Waals surface area contributed by atoms with Gasteiger partial charge in [-0.05, 0) is 0 Å². The summed E-state index contributed by atoms with van der Waals surface area (Å²) in [5, 5.41) is 0. The second kappa shape index (κ2) is 5.82. The van der Waals surface area contributed by atoms with Crippen molar-refractivity contribution in [2.24, 2.45) is 5.41 Å². The second-order valence-corrected chi connectivity index (χ2v) is 4.29. The molecule has 0 aromatic heterocycles. The van der Waals surface area contributed by atoms with E-state index in [1.54, 1.807) is 6.08 Å². The molecule has 0 atom stereocenters. The molecule has 0 radical (unpaired) electrons. The standard InChI is InChI=1S/C12H18O4/c1-4-5-14-6-10(2)11(13)16-9-12(3)7-15-8-12/h4H,1-2,5-9H2,3H3. The van der Waals surface area contributed by atoms with E-state index in [1.165, 1.54) is 0 Å². The molecule has 0 unspecified atom stereocenters. The van der Waals surface area contributed by atoms with Crippen LogP contribution in [0.4, 0.5) is 0 Å². The van der Waals surface area contributed by atoms with Gasteiger partial charge >= 0.3 is 5.97 Å². The van der Waals surface area contributed by atoms with Crippen molar-refractivity contribution < 1.29 is 19.0 Å². The topological polar surface area (TPSA) is 44.8 Å². The van der Waals surface area contributed by atoms with Crippen LogP contribution < -0.4 is 0 Å². The maximum Gasteiger partial charge on any atom is 0.335 e. The van der Waals surface area contributed by atoms with Gasteiger partial charge in [-0.25, -0.2) is 4.79 Å². The molecular weight excluding hydrogens is 208 g/mol. The smallest absolute Gasteiger partial charge is 0.335 e. The lowest BCUT2D eigenvalue weighted by Gasteiger charge is -2.37. The zero-order valence-corrected chi connectivity index (χ0v) is 9.66. The fraction of sp³-hybridized carbons (Fsp3) is 0.583. The lowest BCUT2D eigenvalue weighted by atomic mass is 9.90. The molecule has 1 heterocycles. The molecular formula is C12H18O4. The Labute approximate surface area is 95.9 Å². The highest BCUT2D eigenvalue weighted by atomic mass is 16.5. The molecule has 0 saturated carbocycles. The van der Waals surface area contributed by atoms with E-state index in [0.717, 1.165) is 0 Å². The Morgan fingerprint density at radius 3 is 2.75 bits per heavy atom. The average molecular weight is 226 g/mol. The third-order valence-corrected chi connectivity index (χ3v) is 2.25. The van der Waals surface area contributed by atoms with Gasteiger partial charge in [0, 0.05) is 5.41 Å². The third-order valence-electron chi connectivity index (χ3n) is 2.25. The molecule has 4 nitrogen and oxygen atoms in total. The van der Waals surface area contributed by atoms with E-state index in [2.05, 4.69) is 13.2 Å². The molecule has 1 rings (SSSR count). The van der Waals surface area contributed by atoms with Crippen molar-refractivity contribution in [3.63, 3.8) is 0 Å². The number of esters is 1. The maximum absolute atomic E-state index is 11.5. The molecule has 0 bridgehead atoms. The molecule has 0 spiro atoms. The van der Waals surface area contributed by atoms with Crippen molar-refractivity contribution in [3.8, 4) is 0 Å². The number of rotatable bonds is 7. The van der Waals surface area contributed by atoms with Gasteiger partial charge in [-0.15, -0.1) is 6.58 Å². The minimum atomic E-state index is -0.405. The summed E-state index contributed by atoms with van der Waals surface area (Å²) in [7, 11) is 0. The molecule has 0 aromatic carbocycles. The molecule has 4 heteroatoms. The molecule has 0 amide bonds. The van der Waals surface area contributed by atoms with Crippen molar-refractivity contribution in [1.29, 1.82) is 0 Å². The molecule has 90 valence electrons.